The Morgan fingerprint density at radius 3 is 2.56 bits per heavy atom. The molecule has 142 valence electrons. The lowest BCUT2D eigenvalue weighted by Gasteiger charge is -2.05. The highest BCUT2D eigenvalue weighted by atomic mass is 35.5. The molecule has 0 bridgehead atoms. The van der Waals surface area contributed by atoms with E-state index in [0.29, 0.717) is 15.2 Å². The first-order valence-corrected chi connectivity index (χ1v) is 11.3. The van der Waals surface area contributed by atoms with Crippen LogP contribution in [0.3, 0.4) is 0 Å². The molecular formula is C18H16Cl2N2O3S2. The van der Waals surface area contributed by atoms with Gasteiger partial charge in [-0.3, -0.25) is 4.79 Å². The lowest BCUT2D eigenvalue weighted by atomic mass is 10.2. The van der Waals surface area contributed by atoms with Gasteiger partial charge in [0, 0.05) is 16.5 Å². The summed E-state index contributed by atoms with van der Waals surface area (Å²) in [6, 6.07) is 9.64. The van der Waals surface area contributed by atoms with E-state index in [4.69, 9.17) is 23.2 Å². The molecule has 5 nitrogen and oxygen atoms in total. The molecule has 1 aromatic heterocycles. The second-order valence-electron chi connectivity index (χ2n) is 5.96. The van der Waals surface area contributed by atoms with E-state index in [1.54, 1.807) is 6.07 Å². The highest BCUT2D eigenvalue weighted by molar-refractivity contribution is 7.91. The van der Waals surface area contributed by atoms with Gasteiger partial charge in [0.05, 0.1) is 20.9 Å². The lowest BCUT2D eigenvalue weighted by molar-refractivity contribution is -0.116. The average molecular weight is 443 g/mol. The number of aryl methyl sites for hydroxylation is 1. The van der Waals surface area contributed by atoms with Gasteiger partial charge >= 0.3 is 0 Å². The third-order valence-electron chi connectivity index (χ3n) is 3.98. The molecular weight excluding hydrogens is 427 g/mol. The summed E-state index contributed by atoms with van der Waals surface area (Å²) in [7, 11) is -3.44. The molecule has 0 unspecified atom stereocenters. The van der Waals surface area contributed by atoms with Gasteiger partial charge in [-0.2, -0.15) is 0 Å². The van der Waals surface area contributed by atoms with E-state index in [-0.39, 0.29) is 29.4 Å². The topological polar surface area (TPSA) is 76.1 Å². The zero-order valence-corrected chi connectivity index (χ0v) is 17.5. The Balaban J connectivity index is 1.58. The summed E-state index contributed by atoms with van der Waals surface area (Å²) < 4.78 is 25.5. The Hall–Kier alpha value is -1.67. The molecule has 0 aliphatic heterocycles. The zero-order chi connectivity index (χ0) is 19.6. The molecule has 3 aromatic rings. The van der Waals surface area contributed by atoms with E-state index in [0.717, 1.165) is 15.8 Å². The summed E-state index contributed by atoms with van der Waals surface area (Å²) in [5.41, 5.74) is 1.62. The fourth-order valence-electron chi connectivity index (χ4n) is 2.52. The Kier molecular flexibility index (Phi) is 6.05. The molecule has 0 atom stereocenters. The summed E-state index contributed by atoms with van der Waals surface area (Å²) in [4.78, 5) is 16.7. The van der Waals surface area contributed by atoms with Crippen LogP contribution in [0.1, 0.15) is 18.4 Å². The third-order valence-corrected chi connectivity index (χ3v) is 7.40. The Bertz CT molecular complexity index is 1090. The first-order valence-electron chi connectivity index (χ1n) is 8.10. The number of anilines is 1. The van der Waals surface area contributed by atoms with Crippen LogP contribution in [-0.4, -0.2) is 25.1 Å². The average Bonchev–Trinajstić information content (AvgIpc) is 3.01. The number of benzene rings is 2. The minimum Gasteiger partial charge on any atom is -0.302 e. The van der Waals surface area contributed by atoms with Crippen molar-refractivity contribution < 1.29 is 13.2 Å². The number of hydrogen-bond acceptors (Lipinski definition) is 5. The standard InChI is InChI=1S/C18H16Cl2N2O3S2/c1-11-14(20)8-9-15-17(11)22-18(26-15)21-16(23)3-2-10-27(24,25)13-6-4-12(19)5-7-13/h4-9H,2-3,10H2,1H3,(H,21,22,23). The van der Waals surface area contributed by atoms with E-state index in [1.165, 1.54) is 35.6 Å². The summed E-state index contributed by atoms with van der Waals surface area (Å²) in [6.45, 7) is 1.87. The van der Waals surface area contributed by atoms with Crippen molar-refractivity contribution >= 4 is 65.6 Å². The fraction of sp³-hybridized carbons (Fsp3) is 0.222. The number of carbonyl (C=O) groups excluding carboxylic acids is 1. The molecule has 3 rings (SSSR count). The Morgan fingerprint density at radius 2 is 1.85 bits per heavy atom. The van der Waals surface area contributed by atoms with E-state index >= 15 is 0 Å². The minimum atomic E-state index is -3.44. The molecule has 1 heterocycles. The smallest absolute Gasteiger partial charge is 0.226 e. The Morgan fingerprint density at radius 1 is 1.15 bits per heavy atom. The number of carbonyl (C=O) groups is 1. The SMILES string of the molecule is Cc1c(Cl)ccc2sc(NC(=O)CCCS(=O)(=O)c3ccc(Cl)cc3)nc12. The van der Waals surface area contributed by atoms with Crippen molar-refractivity contribution in [1.82, 2.24) is 4.98 Å². The van der Waals surface area contributed by atoms with E-state index in [9.17, 15) is 13.2 Å². The number of nitrogens with one attached hydrogen (secondary N) is 1. The molecule has 0 spiro atoms. The number of rotatable bonds is 6. The molecule has 9 heteroatoms. The molecule has 0 saturated heterocycles. The normalized spacial score (nSPS) is 11.7. The first-order chi connectivity index (χ1) is 12.8. The molecule has 0 aliphatic rings. The first kappa shape index (κ1) is 20.1. The van der Waals surface area contributed by atoms with Gasteiger partial charge in [-0.05, 0) is 55.3 Å². The number of halogens is 2. The van der Waals surface area contributed by atoms with Crippen molar-refractivity contribution in [3.05, 3.63) is 52.0 Å². The van der Waals surface area contributed by atoms with Crippen LogP contribution >= 0.6 is 34.5 Å². The highest BCUT2D eigenvalue weighted by Gasteiger charge is 2.16. The van der Waals surface area contributed by atoms with Gasteiger partial charge in [-0.15, -0.1) is 0 Å². The molecule has 0 aliphatic carbocycles. The van der Waals surface area contributed by atoms with Crippen molar-refractivity contribution in [1.29, 1.82) is 0 Å². The fourth-order valence-corrected chi connectivity index (χ4v) is 5.05. The molecule has 1 N–H and O–H groups in total. The number of aromatic nitrogens is 1. The van der Waals surface area contributed by atoms with Gasteiger partial charge in [-0.1, -0.05) is 34.5 Å². The Labute approximate surface area is 171 Å². The highest BCUT2D eigenvalue weighted by Crippen LogP contribution is 2.31. The zero-order valence-electron chi connectivity index (χ0n) is 14.3. The van der Waals surface area contributed by atoms with Crippen molar-refractivity contribution in [3.8, 4) is 0 Å². The largest absolute Gasteiger partial charge is 0.302 e. The molecule has 2 aromatic carbocycles. The molecule has 1 amide bonds. The van der Waals surface area contributed by atoms with E-state index in [2.05, 4.69) is 10.3 Å². The van der Waals surface area contributed by atoms with Gasteiger partial charge in [0.2, 0.25) is 5.91 Å². The second-order valence-corrected chi connectivity index (χ2v) is 9.95. The predicted octanol–water partition coefficient (Wildman–Crippen LogP) is 5.10. The van der Waals surface area contributed by atoms with Crippen LogP contribution in [0.15, 0.2) is 41.3 Å². The number of nitrogens with zero attached hydrogens (tertiary/aromatic N) is 1. The monoisotopic (exact) mass is 442 g/mol. The molecule has 0 fully saturated rings. The summed E-state index contributed by atoms with van der Waals surface area (Å²) >= 11 is 13.2. The van der Waals surface area contributed by atoms with Crippen molar-refractivity contribution in [2.45, 2.75) is 24.7 Å². The van der Waals surface area contributed by atoms with Crippen molar-refractivity contribution in [3.63, 3.8) is 0 Å². The maximum absolute atomic E-state index is 12.3. The maximum atomic E-state index is 12.3. The van der Waals surface area contributed by atoms with Crippen molar-refractivity contribution in [2.75, 3.05) is 11.1 Å². The number of hydrogen-bond donors (Lipinski definition) is 1. The van der Waals surface area contributed by atoms with Crippen LogP contribution in [0.5, 0.6) is 0 Å². The van der Waals surface area contributed by atoms with Crippen molar-refractivity contribution in [2.24, 2.45) is 0 Å². The van der Waals surface area contributed by atoms with Crippen LogP contribution in [0.2, 0.25) is 10.0 Å². The summed E-state index contributed by atoms with van der Waals surface area (Å²) in [5, 5.41) is 4.29. The quantitative estimate of drug-likeness (QED) is 0.575. The van der Waals surface area contributed by atoms with Gasteiger partial charge < -0.3 is 5.32 Å². The van der Waals surface area contributed by atoms with Gasteiger partial charge in [0.1, 0.15) is 0 Å². The number of thiazole rings is 1. The molecule has 0 radical (unpaired) electrons. The van der Waals surface area contributed by atoms with E-state index in [1.807, 2.05) is 13.0 Å². The van der Waals surface area contributed by atoms with Crippen LogP contribution in [0, 0.1) is 6.92 Å². The van der Waals surface area contributed by atoms with Crippen LogP contribution in [0.25, 0.3) is 10.2 Å². The van der Waals surface area contributed by atoms with Crippen LogP contribution in [0.4, 0.5) is 5.13 Å². The van der Waals surface area contributed by atoms with Gasteiger partial charge in [-0.25, -0.2) is 13.4 Å². The molecule has 0 saturated carbocycles. The summed E-state index contributed by atoms with van der Waals surface area (Å²) in [5.74, 6) is -0.388. The number of amides is 1. The number of fused-ring (bicyclic) bond motifs is 1. The second kappa shape index (κ2) is 8.14. The van der Waals surface area contributed by atoms with Gasteiger partial charge in [0.15, 0.2) is 15.0 Å². The van der Waals surface area contributed by atoms with E-state index < -0.39 is 9.84 Å². The molecule has 27 heavy (non-hydrogen) atoms. The third kappa shape index (κ3) is 4.79. The predicted molar refractivity (Wildman–Crippen MR) is 111 cm³/mol. The maximum Gasteiger partial charge on any atom is 0.226 e. The van der Waals surface area contributed by atoms with Crippen LogP contribution < -0.4 is 5.32 Å². The number of sulfone groups is 1. The minimum absolute atomic E-state index is 0.0858. The van der Waals surface area contributed by atoms with Crippen LogP contribution in [-0.2, 0) is 14.6 Å². The summed E-state index contributed by atoms with van der Waals surface area (Å²) in [6.07, 6.45) is 0.301. The van der Waals surface area contributed by atoms with Gasteiger partial charge in [0.25, 0.3) is 0 Å². The lowest BCUT2D eigenvalue weighted by Crippen LogP contribution is -2.14.